The summed E-state index contributed by atoms with van der Waals surface area (Å²) in [7, 11) is -2.41. The Morgan fingerprint density at radius 3 is 2.25 bits per heavy atom. The lowest BCUT2D eigenvalue weighted by atomic mass is 10.2. The van der Waals surface area contributed by atoms with Gasteiger partial charge in [-0.15, -0.1) is 10.2 Å². The number of nitrogens with zero attached hydrogens (tertiary/aromatic N) is 3. The normalized spacial score (nSPS) is 11.8. The van der Waals surface area contributed by atoms with Crippen molar-refractivity contribution in [2.45, 2.75) is 6.18 Å². The molecule has 3 rings (SSSR count). The summed E-state index contributed by atoms with van der Waals surface area (Å²) in [5, 5.41) is 11.0. The van der Waals surface area contributed by atoms with E-state index >= 15 is 0 Å². The first-order valence-electron chi connectivity index (χ1n) is 8.90. The number of amides is 1. The number of ether oxygens (including phenoxy) is 1. The summed E-state index contributed by atoms with van der Waals surface area (Å²) >= 11 is 1.07. The van der Waals surface area contributed by atoms with Crippen molar-refractivity contribution in [3.63, 3.8) is 0 Å². The Bertz CT molecular complexity index is 1190. The van der Waals surface area contributed by atoms with Crippen LogP contribution in [0, 0.1) is 0 Å². The Morgan fingerprint density at radius 2 is 1.72 bits per heavy atom. The Morgan fingerprint density at radius 1 is 1.09 bits per heavy atom. The lowest BCUT2D eigenvalue weighted by molar-refractivity contribution is -0.137. The first kappa shape index (κ1) is 23.5. The number of rotatable bonds is 7. The number of carbonyl (C=O) groups excluding carboxylic acids is 1. The molecular formula is C19H17F3N4O4S2. The summed E-state index contributed by atoms with van der Waals surface area (Å²) in [6, 6.07) is 10.5. The third-order valence-corrected chi connectivity index (χ3v) is 6.21. The Balaban J connectivity index is 1.73. The number of carbonyl (C=O) groups is 1. The number of alkyl halides is 3. The monoisotopic (exact) mass is 486 g/mol. The Labute approximate surface area is 185 Å². The average Bonchev–Trinajstić information content (AvgIpc) is 3.19. The molecule has 2 aromatic carbocycles. The number of benzene rings is 2. The molecule has 170 valence electrons. The molecule has 3 aromatic rings. The molecular weight excluding hydrogens is 469 g/mol. The van der Waals surface area contributed by atoms with Crippen LogP contribution in [-0.4, -0.2) is 44.4 Å². The van der Waals surface area contributed by atoms with Crippen LogP contribution in [0.15, 0.2) is 48.5 Å². The van der Waals surface area contributed by atoms with Crippen molar-refractivity contribution < 1.29 is 31.1 Å². The lowest BCUT2D eigenvalue weighted by Crippen LogP contribution is -2.37. The second-order valence-electron chi connectivity index (χ2n) is 6.50. The highest BCUT2D eigenvalue weighted by Crippen LogP contribution is 2.31. The summed E-state index contributed by atoms with van der Waals surface area (Å²) in [5.41, 5.74) is -0.266. The molecule has 0 saturated carbocycles. The van der Waals surface area contributed by atoms with Gasteiger partial charge in [-0.25, -0.2) is 8.42 Å². The molecule has 0 saturated heterocycles. The minimum atomic E-state index is -4.56. The Hall–Kier alpha value is -3.19. The van der Waals surface area contributed by atoms with Crippen LogP contribution in [0.2, 0.25) is 0 Å². The molecule has 1 N–H and O–H groups in total. The number of hydrogen-bond donors (Lipinski definition) is 1. The number of halogens is 3. The van der Waals surface area contributed by atoms with E-state index in [9.17, 15) is 26.4 Å². The number of aromatic nitrogens is 2. The maximum Gasteiger partial charge on any atom is 0.416 e. The van der Waals surface area contributed by atoms with E-state index in [1.807, 2.05) is 0 Å². The van der Waals surface area contributed by atoms with E-state index in [0.717, 1.165) is 47.4 Å². The average molecular weight is 486 g/mol. The topological polar surface area (TPSA) is 101 Å². The zero-order valence-corrected chi connectivity index (χ0v) is 18.4. The molecule has 0 aliphatic rings. The van der Waals surface area contributed by atoms with Gasteiger partial charge in [0.25, 0.3) is 0 Å². The van der Waals surface area contributed by atoms with Gasteiger partial charge in [-0.1, -0.05) is 11.3 Å². The van der Waals surface area contributed by atoms with Gasteiger partial charge in [0, 0.05) is 5.56 Å². The van der Waals surface area contributed by atoms with Crippen molar-refractivity contribution in [1.82, 2.24) is 10.2 Å². The van der Waals surface area contributed by atoms with Crippen molar-refractivity contribution in [3.8, 4) is 16.3 Å². The van der Waals surface area contributed by atoms with Crippen molar-refractivity contribution in [2.75, 3.05) is 29.5 Å². The smallest absolute Gasteiger partial charge is 0.416 e. The molecule has 1 heterocycles. The fourth-order valence-corrected chi connectivity index (χ4v) is 4.25. The third-order valence-electron chi connectivity index (χ3n) is 4.18. The van der Waals surface area contributed by atoms with Gasteiger partial charge in [0.1, 0.15) is 17.3 Å². The quantitative estimate of drug-likeness (QED) is 0.547. The van der Waals surface area contributed by atoms with E-state index in [1.54, 1.807) is 24.3 Å². The van der Waals surface area contributed by atoms with Gasteiger partial charge in [0.2, 0.25) is 21.1 Å². The van der Waals surface area contributed by atoms with Crippen LogP contribution < -0.4 is 14.4 Å². The lowest BCUT2D eigenvalue weighted by Gasteiger charge is -2.22. The summed E-state index contributed by atoms with van der Waals surface area (Å²) < 4.78 is 68.3. The highest BCUT2D eigenvalue weighted by molar-refractivity contribution is 7.92. The van der Waals surface area contributed by atoms with E-state index < -0.39 is 34.2 Å². The van der Waals surface area contributed by atoms with Crippen molar-refractivity contribution in [2.24, 2.45) is 0 Å². The fraction of sp³-hybridized carbons (Fsp3) is 0.211. The second-order valence-corrected chi connectivity index (χ2v) is 9.39. The Kier molecular flexibility index (Phi) is 6.69. The van der Waals surface area contributed by atoms with Crippen molar-refractivity contribution in [1.29, 1.82) is 0 Å². The molecule has 0 atom stereocenters. The SMILES string of the molecule is COc1ccc(-c2nnc(NC(=O)CN(c3ccc(C(F)(F)F)cc3)S(C)(=O)=O)s2)cc1. The zero-order chi connectivity index (χ0) is 23.5. The zero-order valence-electron chi connectivity index (χ0n) is 16.8. The molecule has 1 amide bonds. The molecule has 13 heteroatoms. The van der Waals surface area contributed by atoms with Crippen LogP contribution in [0.3, 0.4) is 0 Å². The standard InChI is InChI=1S/C19H17F3N4O4S2/c1-30-15-9-3-12(4-10-15)17-24-25-18(31-17)23-16(27)11-26(32(2,28)29)14-7-5-13(6-8-14)19(20,21)22/h3-10H,11H2,1-2H3,(H,23,25,27). The van der Waals surface area contributed by atoms with Gasteiger partial charge >= 0.3 is 6.18 Å². The van der Waals surface area contributed by atoms with Crippen LogP contribution in [-0.2, 0) is 21.0 Å². The predicted molar refractivity (Wildman–Crippen MR) is 114 cm³/mol. The summed E-state index contributed by atoms with van der Waals surface area (Å²) in [6.45, 7) is -0.651. The minimum absolute atomic E-state index is 0.0770. The van der Waals surface area contributed by atoms with Crippen LogP contribution in [0.5, 0.6) is 5.75 Å². The van der Waals surface area contributed by atoms with Crippen molar-refractivity contribution >= 4 is 38.1 Å². The van der Waals surface area contributed by atoms with Gasteiger partial charge in [-0.05, 0) is 48.5 Å². The molecule has 0 radical (unpaired) electrons. The van der Waals surface area contributed by atoms with Crippen LogP contribution in [0.1, 0.15) is 5.56 Å². The van der Waals surface area contributed by atoms with Gasteiger partial charge in [0.15, 0.2) is 0 Å². The number of sulfonamides is 1. The van der Waals surface area contributed by atoms with Gasteiger partial charge in [-0.2, -0.15) is 13.2 Å². The molecule has 8 nitrogen and oxygen atoms in total. The molecule has 0 bridgehead atoms. The molecule has 0 fully saturated rings. The first-order valence-corrected chi connectivity index (χ1v) is 11.6. The summed E-state index contributed by atoms with van der Waals surface area (Å²) in [6.07, 6.45) is -3.71. The molecule has 0 spiro atoms. The third kappa shape index (κ3) is 5.73. The highest BCUT2D eigenvalue weighted by atomic mass is 32.2. The molecule has 0 aliphatic carbocycles. The summed E-state index contributed by atoms with van der Waals surface area (Å²) in [4.78, 5) is 12.4. The fourth-order valence-electron chi connectivity index (χ4n) is 2.63. The summed E-state index contributed by atoms with van der Waals surface area (Å²) in [5.74, 6) is -0.0660. The number of methoxy groups -OCH3 is 1. The molecule has 0 unspecified atom stereocenters. The van der Waals surface area contributed by atoms with E-state index in [1.165, 1.54) is 7.11 Å². The van der Waals surface area contributed by atoms with Gasteiger partial charge in [0.05, 0.1) is 24.6 Å². The highest BCUT2D eigenvalue weighted by Gasteiger charge is 2.31. The van der Waals surface area contributed by atoms with Crippen LogP contribution in [0.4, 0.5) is 24.0 Å². The number of anilines is 2. The maximum absolute atomic E-state index is 12.8. The number of nitrogens with one attached hydrogen (secondary N) is 1. The largest absolute Gasteiger partial charge is 0.497 e. The van der Waals surface area contributed by atoms with E-state index in [0.29, 0.717) is 15.1 Å². The van der Waals surface area contributed by atoms with Crippen molar-refractivity contribution in [3.05, 3.63) is 54.1 Å². The molecule has 1 aromatic heterocycles. The van der Waals surface area contributed by atoms with Crippen LogP contribution in [0.25, 0.3) is 10.6 Å². The van der Waals surface area contributed by atoms with Gasteiger partial charge in [-0.3, -0.25) is 14.4 Å². The van der Waals surface area contributed by atoms with E-state index in [-0.39, 0.29) is 10.8 Å². The number of hydrogen-bond acceptors (Lipinski definition) is 7. The first-order chi connectivity index (χ1) is 15.0. The van der Waals surface area contributed by atoms with E-state index in [2.05, 4.69) is 15.5 Å². The van der Waals surface area contributed by atoms with E-state index in [4.69, 9.17) is 4.74 Å². The predicted octanol–water partition coefficient (Wildman–Crippen LogP) is 3.64. The maximum atomic E-state index is 12.8. The second kappa shape index (κ2) is 9.12. The molecule has 0 aliphatic heterocycles. The van der Waals surface area contributed by atoms with Gasteiger partial charge < -0.3 is 4.74 Å². The minimum Gasteiger partial charge on any atom is -0.497 e. The van der Waals surface area contributed by atoms with Crippen LogP contribution >= 0.6 is 11.3 Å². The molecule has 32 heavy (non-hydrogen) atoms.